The summed E-state index contributed by atoms with van der Waals surface area (Å²) < 4.78 is 5.83. The highest BCUT2D eigenvalue weighted by Gasteiger charge is 2.36. The molecule has 0 radical (unpaired) electrons. The van der Waals surface area contributed by atoms with Gasteiger partial charge in [-0.1, -0.05) is 20.3 Å². The Labute approximate surface area is 126 Å². The van der Waals surface area contributed by atoms with Crippen LogP contribution in [0.1, 0.15) is 62.7 Å². The first kappa shape index (κ1) is 14.6. The summed E-state index contributed by atoms with van der Waals surface area (Å²) >= 11 is 0. The van der Waals surface area contributed by atoms with Gasteiger partial charge in [0.2, 0.25) is 5.91 Å². The van der Waals surface area contributed by atoms with Crippen LogP contribution in [-0.4, -0.2) is 18.5 Å². The summed E-state index contributed by atoms with van der Waals surface area (Å²) in [6.45, 7) is 7.41. The molecule has 116 valence electrons. The van der Waals surface area contributed by atoms with Crippen LogP contribution in [0.2, 0.25) is 0 Å². The molecule has 0 aromatic carbocycles. The SMILES string of the molecule is Cc1cc2c(o1)CC(C)(C)CC2NC(=O)[C@@H]1CCCCN1. The molecule has 1 saturated heterocycles. The van der Waals surface area contributed by atoms with Gasteiger partial charge >= 0.3 is 0 Å². The zero-order valence-electron chi connectivity index (χ0n) is 13.3. The van der Waals surface area contributed by atoms with Gasteiger partial charge in [-0.25, -0.2) is 0 Å². The third-order valence-electron chi connectivity index (χ3n) is 4.68. The second-order valence-corrected chi connectivity index (χ2v) is 7.34. The van der Waals surface area contributed by atoms with Gasteiger partial charge < -0.3 is 15.1 Å². The van der Waals surface area contributed by atoms with E-state index in [2.05, 4.69) is 30.5 Å². The van der Waals surface area contributed by atoms with Crippen molar-refractivity contribution in [2.45, 2.75) is 65.0 Å². The van der Waals surface area contributed by atoms with E-state index in [0.717, 1.165) is 43.7 Å². The van der Waals surface area contributed by atoms with Gasteiger partial charge in [0.15, 0.2) is 0 Å². The molecular formula is C17H26N2O2. The molecular weight excluding hydrogens is 264 g/mol. The van der Waals surface area contributed by atoms with Gasteiger partial charge in [0.1, 0.15) is 11.5 Å². The lowest BCUT2D eigenvalue weighted by molar-refractivity contribution is -0.124. The largest absolute Gasteiger partial charge is 0.466 e. The lowest BCUT2D eigenvalue weighted by Gasteiger charge is -2.35. The predicted molar refractivity (Wildman–Crippen MR) is 82.1 cm³/mol. The number of fused-ring (bicyclic) bond motifs is 1. The van der Waals surface area contributed by atoms with Crippen LogP contribution in [-0.2, 0) is 11.2 Å². The van der Waals surface area contributed by atoms with Crippen molar-refractivity contribution in [3.63, 3.8) is 0 Å². The van der Waals surface area contributed by atoms with E-state index < -0.39 is 0 Å². The molecule has 2 atom stereocenters. The fraction of sp³-hybridized carbons (Fsp3) is 0.706. The Bertz CT molecular complexity index is 527. The van der Waals surface area contributed by atoms with Gasteiger partial charge in [0, 0.05) is 12.0 Å². The molecule has 1 aliphatic heterocycles. The molecule has 1 amide bonds. The highest BCUT2D eigenvalue weighted by molar-refractivity contribution is 5.82. The summed E-state index contributed by atoms with van der Waals surface area (Å²) in [4.78, 5) is 12.5. The topological polar surface area (TPSA) is 54.3 Å². The maximum atomic E-state index is 12.5. The second-order valence-electron chi connectivity index (χ2n) is 7.34. The van der Waals surface area contributed by atoms with E-state index in [-0.39, 0.29) is 23.4 Å². The first-order chi connectivity index (χ1) is 9.94. The molecule has 0 saturated carbocycles. The zero-order valence-corrected chi connectivity index (χ0v) is 13.3. The summed E-state index contributed by atoms with van der Waals surface area (Å²) in [6, 6.07) is 2.14. The quantitative estimate of drug-likeness (QED) is 0.880. The number of hydrogen-bond acceptors (Lipinski definition) is 3. The molecule has 21 heavy (non-hydrogen) atoms. The number of furan rings is 1. The van der Waals surface area contributed by atoms with Crippen LogP contribution < -0.4 is 10.6 Å². The number of hydrogen-bond donors (Lipinski definition) is 2. The fourth-order valence-electron chi connectivity index (χ4n) is 3.66. The molecule has 1 fully saturated rings. The molecule has 2 heterocycles. The monoisotopic (exact) mass is 290 g/mol. The minimum atomic E-state index is -0.0276. The van der Waals surface area contributed by atoms with Gasteiger partial charge in [-0.2, -0.15) is 0 Å². The average molecular weight is 290 g/mol. The lowest BCUT2D eigenvalue weighted by atomic mass is 9.74. The van der Waals surface area contributed by atoms with Crippen LogP contribution in [0.25, 0.3) is 0 Å². The van der Waals surface area contributed by atoms with Gasteiger partial charge in [0.05, 0.1) is 12.1 Å². The third kappa shape index (κ3) is 3.15. The van der Waals surface area contributed by atoms with Crippen molar-refractivity contribution >= 4 is 5.91 Å². The first-order valence-electron chi connectivity index (χ1n) is 8.08. The van der Waals surface area contributed by atoms with E-state index in [1.807, 2.05) is 6.92 Å². The Morgan fingerprint density at radius 1 is 1.43 bits per heavy atom. The maximum absolute atomic E-state index is 12.5. The third-order valence-corrected chi connectivity index (χ3v) is 4.68. The van der Waals surface area contributed by atoms with Gasteiger partial charge in [-0.15, -0.1) is 0 Å². The Morgan fingerprint density at radius 3 is 2.95 bits per heavy atom. The molecule has 4 nitrogen and oxygen atoms in total. The lowest BCUT2D eigenvalue weighted by Crippen LogP contribution is -2.48. The molecule has 0 bridgehead atoms. The standard InChI is InChI=1S/C17H26N2O2/c1-11-8-12-14(9-17(2,3)10-15(12)21-11)19-16(20)13-6-4-5-7-18-13/h8,13-14,18H,4-7,9-10H2,1-3H3,(H,19,20)/t13-,14?/m0/s1. The summed E-state index contributed by atoms with van der Waals surface area (Å²) in [7, 11) is 0. The van der Waals surface area contributed by atoms with Crippen molar-refractivity contribution in [1.29, 1.82) is 0 Å². The highest BCUT2D eigenvalue weighted by Crippen LogP contribution is 2.42. The number of piperidine rings is 1. The van der Waals surface area contributed by atoms with Gasteiger partial charge in [-0.05, 0) is 44.2 Å². The number of rotatable bonds is 2. The predicted octanol–water partition coefficient (Wildman–Crippen LogP) is 2.86. The molecule has 0 spiro atoms. The molecule has 4 heteroatoms. The van der Waals surface area contributed by atoms with Gasteiger partial charge in [-0.3, -0.25) is 4.79 Å². The molecule has 3 rings (SSSR count). The molecule has 1 aromatic rings. The van der Waals surface area contributed by atoms with E-state index in [0.29, 0.717) is 0 Å². The summed E-state index contributed by atoms with van der Waals surface area (Å²) in [5.74, 6) is 2.13. The molecule has 2 N–H and O–H groups in total. The second kappa shape index (κ2) is 5.48. The van der Waals surface area contributed by atoms with Crippen LogP contribution in [0, 0.1) is 12.3 Å². The van der Waals surface area contributed by atoms with Crippen LogP contribution >= 0.6 is 0 Å². The van der Waals surface area contributed by atoms with Crippen molar-refractivity contribution in [3.05, 3.63) is 23.2 Å². The first-order valence-corrected chi connectivity index (χ1v) is 8.08. The van der Waals surface area contributed by atoms with Crippen molar-refractivity contribution in [1.82, 2.24) is 10.6 Å². The van der Waals surface area contributed by atoms with Crippen molar-refractivity contribution in [2.24, 2.45) is 5.41 Å². The maximum Gasteiger partial charge on any atom is 0.237 e. The Kier molecular flexibility index (Phi) is 3.82. The van der Waals surface area contributed by atoms with Crippen LogP contribution in [0.15, 0.2) is 10.5 Å². The van der Waals surface area contributed by atoms with Crippen molar-refractivity contribution in [2.75, 3.05) is 6.54 Å². The van der Waals surface area contributed by atoms with E-state index in [1.165, 1.54) is 12.0 Å². The minimum Gasteiger partial charge on any atom is -0.466 e. The minimum absolute atomic E-state index is 0.0276. The van der Waals surface area contributed by atoms with Crippen LogP contribution in [0.3, 0.4) is 0 Å². The summed E-state index contributed by atoms with van der Waals surface area (Å²) in [6.07, 6.45) is 5.17. The highest BCUT2D eigenvalue weighted by atomic mass is 16.3. The molecule has 1 unspecified atom stereocenters. The summed E-state index contributed by atoms with van der Waals surface area (Å²) in [5.41, 5.74) is 1.34. The van der Waals surface area contributed by atoms with E-state index in [1.54, 1.807) is 0 Å². The fourth-order valence-corrected chi connectivity index (χ4v) is 3.66. The number of amides is 1. The number of carbonyl (C=O) groups excluding carboxylic acids is 1. The molecule has 2 aliphatic rings. The van der Waals surface area contributed by atoms with E-state index in [9.17, 15) is 4.79 Å². The molecule has 1 aromatic heterocycles. The van der Waals surface area contributed by atoms with Gasteiger partial charge in [0.25, 0.3) is 0 Å². The van der Waals surface area contributed by atoms with Crippen LogP contribution in [0.5, 0.6) is 0 Å². The smallest absolute Gasteiger partial charge is 0.237 e. The Morgan fingerprint density at radius 2 is 2.24 bits per heavy atom. The number of carbonyl (C=O) groups is 1. The average Bonchev–Trinajstić information content (AvgIpc) is 2.78. The van der Waals surface area contributed by atoms with Crippen molar-refractivity contribution < 1.29 is 9.21 Å². The van der Waals surface area contributed by atoms with E-state index >= 15 is 0 Å². The zero-order chi connectivity index (χ0) is 15.0. The normalized spacial score (nSPS) is 28.0. The van der Waals surface area contributed by atoms with E-state index in [4.69, 9.17) is 4.42 Å². The summed E-state index contributed by atoms with van der Waals surface area (Å²) in [5, 5.41) is 6.58. The van der Waals surface area contributed by atoms with Crippen LogP contribution in [0.4, 0.5) is 0 Å². The number of nitrogens with one attached hydrogen (secondary N) is 2. The Hall–Kier alpha value is -1.29. The number of aryl methyl sites for hydroxylation is 1. The Balaban J connectivity index is 1.76. The van der Waals surface area contributed by atoms with Crippen molar-refractivity contribution in [3.8, 4) is 0 Å². The molecule has 1 aliphatic carbocycles.